The summed E-state index contributed by atoms with van der Waals surface area (Å²) >= 11 is 0. The van der Waals surface area contributed by atoms with Gasteiger partial charge in [0.25, 0.3) is 5.91 Å². The molecule has 0 saturated carbocycles. The van der Waals surface area contributed by atoms with Crippen molar-refractivity contribution in [1.82, 2.24) is 5.32 Å². The molecule has 0 aromatic heterocycles. The number of carbonyl (C=O) groups excluding carboxylic acids is 1. The molecule has 0 saturated heterocycles. The van der Waals surface area contributed by atoms with Crippen LogP contribution in [0.25, 0.3) is 0 Å². The minimum atomic E-state index is 0.0634. The van der Waals surface area contributed by atoms with Crippen LogP contribution >= 0.6 is 0 Å². The Morgan fingerprint density at radius 1 is 1.00 bits per heavy atom. The van der Waals surface area contributed by atoms with Crippen LogP contribution in [0.1, 0.15) is 23.6 Å². The van der Waals surface area contributed by atoms with E-state index in [0.717, 1.165) is 24.3 Å². The summed E-state index contributed by atoms with van der Waals surface area (Å²) in [6.45, 7) is 4.01. The first-order chi connectivity index (χ1) is 11.6. The smallest absolute Gasteiger partial charge is 0.275 e. The van der Waals surface area contributed by atoms with E-state index in [1.54, 1.807) is 7.11 Å². The Hall–Kier alpha value is -2.33. The molecule has 128 valence electrons. The van der Waals surface area contributed by atoms with E-state index in [4.69, 9.17) is 4.74 Å². The number of methoxy groups -OCH3 is 1. The van der Waals surface area contributed by atoms with Gasteiger partial charge in [-0.2, -0.15) is 0 Å². The first kappa shape index (κ1) is 18.0. The Bertz CT molecular complexity index is 636. The van der Waals surface area contributed by atoms with Crippen LogP contribution in [0.3, 0.4) is 0 Å². The quantitative estimate of drug-likeness (QED) is 0.773. The zero-order chi connectivity index (χ0) is 17.4. The van der Waals surface area contributed by atoms with E-state index in [2.05, 4.69) is 36.5 Å². The van der Waals surface area contributed by atoms with E-state index >= 15 is 0 Å². The second-order valence-electron chi connectivity index (χ2n) is 6.11. The lowest BCUT2D eigenvalue weighted by atomic mass is 10.1. The third-order valence-corrected chi connectivity index (χ3v) is 4.05. The lowest BCUT2D eigenvalue weighted by Gasteiger charge is -2.14. The molecule has 2 N–H and O–H groups in total. The maximum absolute atomic E-state index is 12.1. The Morgan fingerprint density at radius 2 is 1.58 bits per heavy atom. The fourth-order valence-electron chi connectivity index (χ4n) is 2.58. The molecule has 0 fully saturated rings. The summed E-state index contributed by atoms with van der Waals surface area (Å²) in [5.41, 5.74) is 3.67. The minimum Gasteiger partial charge on any atom is -0.497 e. The fourth-order valence-corrected chi connectivity index (χ4v) is 2.58. The molecule has 2 rings (SSSR count). The number of amides is 1. The number of quaternary nitrogens is 1. The molecular formula is C20H27N2O2+. The maximum Gasteiger partial charge on any atom is 0.275 e. The van der Waals surface area contributed by atoms with Gasteiger partial charge < -0.3 is 15.0 Å². The molecule has 0 aliphatic carbocycles. The van der Waals surface area contributed by atoms with E-state index in [0.29, 0.717) is 13.1 Å². The highest BCUT2D eigenvalue weighted by Gasteiger charge is 2.10. The second kappa shape index (κ2) is 9.08. The molecule has 1 unspecified atom stereocenters. The van der Waals surface area contributed by atoms with Gasteiger partial charge in [0.2, 0.25) is 0 Å². The number of rotatable bonds is 8. The van der Waals surface area contributed by atoms with Gasteiger partial charge in [-0.25, -0.2) is 0 Å². The van der Waals surface area contributed by atoms with Crippen molar-refractivity contribution in [2.75, 3.05) is 20.7 Å². The van der Waals surface area contributed by atoms with E-state index in [9.17, 15) is 4.79 Å². The summed E-state index contributed by atoms with van der Waals surface area (Å²) in [5.74, 6) is 0.886. The molecule has 0 aliphatic rings. The van der Waals surface area contributed by atoms with Gasteiger partial charge >= 0.3 is 0 Å². The number of hydrogen-bond acceptors (Lipinski definition) is 2. The third-order valence-electron chi connectivity index (χ3n) is 4.05. The van der Waals surface area contributed by atoms with Gasteiger partial charge in [-0.1, -0.05) is 43.3 Å². The maximum atomic E-state index is 12.1. The molecule has 0 heterocycles. The number of hydrogen-bond donors (Lipinski definition) is 2. The largest absolute Gasteiger partial charge is 0.497 e. The fraction of sp³-hybridized carbons (Fsp3) is 0.350. The monoisotopic (exact) mass is 327 g/mol. The molecular weight excluding hydrogens is 300 g/mol. The zero-order valence-electron chi connectivity index (χ0n) is 14.8. The summed E-state index contributed by atoms with van der Waals surface area (Å²) in [6, 6.07) is 16.3. The van der Waals surface area contributed by atoms with Crippen molar-refractivity contribution in [3.63, 3.8) is 0 Å². The first-order valence-corrected chi connectivity index (χ1v) is 8.39. The molecule has 4 heteroatoms. The number of ether oxygens (including phenoxy) is 1. The predicted molar refractivity (Wildman–Crippen MR) is 96.1 cm³/mol. The highest BCUT2D eigenvalue weighted by atomic mass is 16.5. The van der Waals surface area contributed by atoms with Crippen LogP contribution in [-0.2, 0) is 24.3 Å². The van der Waals surface area contributed by atoms with Gasteiger partial charge in [0.1, 0.15) is 12.3 Å². The molecule has 0 bridgehead atoms. The summed E-state index contributed by atoms with van der Waals surface area (Å²) in [5, 5.41) is 2.97. The average molecular weight is 327 g/mol. The van der Waals surface area contributed by atoms with Crippen LogP contribution in [0, 0.1) is 0 Å². The summed E-state index contributed by atoms with van der Waals surface area (Å²) in [6.07, 6.45) is 1.05. The average Bonchev–Trinajstić information content (AvgIpc) is 2.61. The molecule has 2 aromatic carbocycles. The predicted octanol–water partition coefficient (Wildman–Crippen LogP) is 1.59. The molecule has 4 nitrogen and oxygen atoms in total. The SMILES string of the molecule is CCc1ccc(C[NH+](C)CC(=O)NCc2ccc(OC)cc2)cc1. The Morgan fingerprint density at radius 3 is 2.17 bits per heavy atom. The molecule has 0 aliphatic heterocycles. The van der Waals surface area contributed by atoms with Crippen molar-refractivity contribution >= 4 is 5.91 Å². The number of carbonyl (C=O) groups is 1. The second-order valence-corrected chi connectivity index (χ2v) is 6.11. The van der Waals surface area contributed by atoms with Gasteiger partial charge in [0, 0.05) is 12.1 Å². The minimum absolute atomic E-state index is 0.0634. The number of benzene rings is 2. The van der Waals surface area contributed by atoms with Crippen molar-refractivity contribution in [3.05, 3.63) is 65.2 Å². The van der Waals surface area contributed by atoms with Crippen LogP contribution in [0.15, 0.2) is 48.5 Å². The van der Waals surface area contributed by atoms with Gasteiger partial charge in [-0.05, 0) is 29.7 Å². The summed E-state index contributed by atoms with van der Waals surface area (Å²) in [7, 11) is 3.69. The number of nitrogens with one attached hydrogen (secondary N) is 2. The van der Waals surface area contributed by atoms with Crippen LogP contribution in [-0.4, -0.2) is 26.6 Å². The van der Waals surface area contributed by atoms with Gasteiger partial charge in [0.15, 0.2) is 6.54 Å². The Kier molecular flexibility index (Phi) is 6.82. The lowest BCUT2D eigenvalue weighted by molar-refractivity contribution is -0.885. The topological polar surface area (TPSA) is 42.8 Å². The zero-order valence-corrected chi connectivity index (χ0v) is 14.8. The standard InChI is InChI=1S/C20H26N2O2/c1-4-16-5-7-18(8-6-16)14-22(2)15-20(23)21-13-17-9-11-19(24-3)12-10-17/h5-12H,4,13-15H2,1-3H3,(H,21,23)/p+1. The molecule has 2 aromatic rings. The van der Waals surface area contributed by atoms with Crippen molar-refractivity contribution < 1.29 is 14.4 Å². The van der Waals surface area contributed by atoms with E-state index in [1.165, 1.54) is 16.0 Å². The summed E-state index contributed by atoms with van der Waals surface area (Å²) in [4.78, 5) is 13.3. The molecule has 1 amide bonds. The van der Waals surface area contributed by atoms with Gasteiger partial charge in [-0.3, -0.25) is 4.79 Å². The van der Waals surface area contributed by atoms with E-state index < -0.39 is 0 Å². The van der Waals surface area contributed by atoms with Gasteiger partial charge in [-0.15, -0.1) is 0 Å². The Labute approximate surface area is 144 Å². The third kappa shape index (κ3) is 5.70. The first-order valence-electron chi connectivity index (χ1n) is 8.39. The normalized spacial score (nSPS) is 11.8. The summed E-state index contributed by atoms with van der Waals surface area (Å²) < 4.78 is 5.13. The van der Waals surface area contributed by atoms with Gasteiger partial charge in [0.05, 0.1) is 14.2 Å². The lowest BCUT2D eigenvalue weighted by Crippen LogP contribution is -3.08. The molecule has 0 radical (unpaired) electrons. The van der Waals surface area contributed by atoms with E-state index in [1.807, 2.05) is 31.3 Å². The van der Waals surface area contributed by atoms with Crippen LogP contribution in [0.4, 0.5) is 0 Å². The number of aryl methyl sites for hydroxylation is 1. The highest BCUT2D eigenvalue weighted by Crippen LogP contribution is 2.10. The highest BCUT2D eigenvalue weighted by molar-refractivity contribution is 5.76. The van der Waals surface area contributed by atoms with Crippen molar-refractivity contribution in [2.45, 2.75) is 26.4 Å². The number of likely N-dealkylation sites (N-methyl/N-ethyl adjacent to an activating group) is 1. The molecule has 24 heavy (non-hydrogen) atoms. The van der Waals surface area contributed by atoms with Crippen molar-refractivity contribution in [1.29, 1.82) is 0 Å². The van der Waals surface area contributed by atoms with Crippen LogP contribution < -0.4 is 15.0 Å². The van der Waals surface area contributed by atoms with Crippen LogP contribution in [0.2, 0.25) is 0 Å². The van der Waals surface area contributed by atoms with Crippen molar-refractivity contribution in [3.8, 4) is 5.75 Å². The molecule has 1 atom stereocenters. The van der Waals surface area contributed by atoms with E-state index in [-0.39, 0.29) is 5.91 Å². The Balaban J connectivity index is 1.75. The van der Waals surface area contributed by atoms with Crippen LogP contribution in [0.5, 0.6) is 5.75 Å². The van der Waals surface area contributed by atoms with Crippen molar-refractivity contribution in [2.24, 2.45) is 0 Å². The molecule has 0 spiro atoms.